The first-order valence-electron chi connectivity index (χ1n) is 6.31. The average molecular weight is 250 g/mol. The van der Waals surface area contributed by atoms with Gasteiger partial charge in [0.1, 0.15) is 5.75 Å². The Morgan fingerprint density at radius 3 is 2.56 bits per heavy atom. The predicted octanol–water partition coefficient (Wildman–Crippen LogP) is 1.87. The van der Waals surface area contributed by atoms with Crippen LogP contribution >= 0.6 is 0 Å². The number of rotatable bonds is 7. The zero-order valence-corrected chi connectivity index (χ0v) is 11.3. The van der Waals surface area contributed by atoms with E-state index < -0.39 is 0 Å². The van der Waals surface area contributed by atoms with Crippen molar-refractivity contribution in [3.8, 4) is 5.75 Å². The molecule has 18 heavy (non-hydrogen) atoms. The lowest BCUT2D eigenvalue weighted by molar-refractivity contribution is -0.121. The molecule has 100 valence electrons. The standard InChI is InChI=1S/C14H22N2O2/c1-4-15-10-9-14(17)16-11(2)12-5-7-13(18-3)8-6-12/h5-8,11,15H,4,9-10H2,1-3H3,(H,16,17)/t11-/m1/s1. The van der Waals surface area contributed by atoms with Crippen molar-refractivity contribution in [2.24, 2.45) is 0 Å². The first-order chi connectivity index (χ1) is 8.67. The van der Waals surface area contributed by atoms with Gasteiger partial charge in [-0.15, -0.1) is 0 Å². The summed E-state index contributed by atoms with van der Waals surface area (Å²) in [6.07, 6.45) is 0.508. The summed E-state index contributed by atoms with van der Waals surface area (Å²) in [7, 11) is 1.64. The van der Waals surface area contributed by atoms with Crippen molar-refractivity contribution < 1.29 is 9.53 Å². The van der Waals surface area contributed by atoms with Crippen LogP contribution in [0.2, 0.25) is 0 Å². The molecule has 0 unspecified atom stereocenters. The Morgan fingerprint density at radius 2 is 2.00 bits per heavy atom. The maximum atomic E-state index is 11.6. The molecule has 0 saturated carbocycles. The highest BCUT2D eigenvalue weighted by atomic mass is 16.5. The number of carbonyl (C=O) groups excluding carboxylic acids is 1. The summed E-state index contributed by atoms with van der Waals surface area (Å²) in [4.78, 5) is 11.6. The molecule has 0 aliphatic carbocycles. The molecule has 2 N–H and O–H groups in total. The average Bonchev–Trinajstić information content (AvgIpc) is 2.39. The second kappa shape index (κ2) is 7.71. The van der Waals surface area contributed by atoms with Crippen molar-refractivity contribution in [2.45, 2.75) is 26.3 Å². The van der Waals surface area contributed by atoms with E-state index in [1.165, 1.54) is 0 Å². The Hall–Kier alpha value is -1.55. The van der Waals surface area contributed by atoms with Crippen LogP contribution in [0.5, 0.6) is 5.75 Å². The number of hydrogen-bond donors (Lipinski definition) is 2. The summed E-state index contributed by atoms with van der Waals surface area (Å²) >= 11 is 0. The van der Waals surface area contributed by atoms with Crippen LogP contribution in [0, 0.1) is 0 Å². The lowest BCUT2D eigenvalue weighted by Crippen LogP contribution is -2.29. The van der Waals surface area contributed by atoms with Crippen molar-refractivity contribution in [2.75, 3.05) is 20.2 Å². The van der Waals surface area contributed by atoms with Crippen molar-refractivity contribution in [1.82, 2.24) is 10.6 Å². The van der Waals surface area contributed by atoms with Gasteiger partial charge < -0.3 is 15.4 Å². The highest BCUT2D eigenvalue weighted by Crippen LogP contribution is 2.17. The minimum Gasteiger partial charge on any atom is -0.497 e. The molecule has 0 aliphatic heterocycles. The molecular weight excluding hydrogens is 228 g/mol. The van der Waals surface area contributed by atoms with Crippen LogP contribution in [0.25, 0.3) is 0 Å². The maximum absolute atomic E-state index is 11.6. The van der Waals surface area contributed by atoms with Gasteiger partial charge in [0, 0.05) is 13.0 Å². The molecule has 0 heterocycles. The molecule has 0 saturated heterocycles. The Labute approximate surface area is 109 Å². The molecule has 1 amide bonds. The molecule has 1 rings (SSSR count). The molecule has 1 aromatic rings. The van der Waals surface area contributed by atoms with Crippen molar-refractivity contribution in [3.05, 3.63) is 29.8 Å². The van der Waals surface area contributed by atoms with Gasteiger partial charge in [-0.3, -0.25) is 4.79 Å². The zero-order chi connectivity index (χ0) is 13.4. The van der Waals surface area contributed by atoms with Crippen molar-refractivity contribution in [3.63, 3.8) is 0 Å². The number of amides is 1. The van der Waals surface area contributed by atoms with E-state index >= 15 is 0 Å². The Bertz CT molecular complexity index is 363. The molecular formula is C14H22N2O2. The maximum Gasteiger partial charge on any atom is 0.221 e. The molecule has 0 aromatic heterocycles. The summed E-state index contributed by atoms with van der Waals surface area (Å²) in [5, 5.41) is 6.10. The largest absolute Gasteiger partial charge is 0.497 e. The van der Waals surface area contributed by atoms with Gasteiger partial charge in [-0.2, -0.15) is 0 Å². The third-order valence-corrected chi connectivity index (χ3v) is 2.77. The molecule has 0 spiro atoms. The normalized spacial score (nSPS) is 11.9. The molecule has 0 radical (unpaired) electrons. The van der Waals surface area contributed by atoms with Crippen LogP contribution in [0.3, 0.4) is 0 Å². The molecule has 0 bridgehead atoms. The van der Waals surface area contributed by atoms with Gasteiger partial charge >= 0.3 is 0 Å². The molecule has 0 fully saturated rings. The van der Waals surface area contributed by atoms with Gasteiger partial charge in [0.05, 0.1) is 13.2 Å². The fraction of sp³-hybridized carbons (Fsp3) is 0.500. The minimum atomic E-state index is 0.0185. The van der Waals surface area contributed by atoms with Crippen LogP contribution in [-0.2, 0) is 4.79 Å². The fourth-order valence-corrected chi connectivity index (χ4v) is 1.67. The molecule has 1 atom stereocenters. The third kappa shape index (κ3) is 4.75. The van der Waals surface area contributed by atoms with Gasteiger partial charge in [-0.25, -0.2) is 0 Å². The topological polar surface area (TPSA) is 50.4 Å². The Morgan fingerprint density at radius 1 is 1.33 bits per heavy atom. The van der Waals surface area contributed by atoms with E-state index in [0.717, 1.165) is 24.4 Å². The van der Waals surface area contributed by atoms with Crippen LogP contribution in [0.1, 0.15) is 31.9 Å². The Kier molecular flexibility index (Phi) is 6.22. The first kappa shape index (κ1) is 14.5. The second-order valence-electron chi connectivity index (χ2n) is 4.17. The highest BCUT2D eigenvalue weighted by molar-refractivity contribution is 5.76. The molecule has 1 aromatic carbocycles. The minimum absolute atomic E-state index is 0.0185. The number of hydrogen-bond acceptors (Lipinski definition) is 3. The van der Waals surface area contributed by atoms with E-state index in [1.54, 1.807) is 7.11 Å². The first-order valence-corrected chi connectivity index (χ1v) is 6.31. The number of methoxy groups -OCH3 is 1. The van der Waals surface area contributed by atoms with E-state index in [9.17, 15) is 4.79 Å². The summed E-state index contributed by atoms with van der Waals surface area (Å²) in [6, 6.07) is 7.75. The lowest BCUT2D eigenvalue weighted by atomic mass is 10.1. The van der Waals surface area contributed by atoms with E-state index in [0.29, 0.717) is 6.42 Å². The van der Waals surface area contributed by atoms with Gasteiger partial charge in [0.25, 0.3) is 0 Å². The third-order valence-electron chi connectivity index (χ3n) is 2.77. The summed E-state index contributed by atoms with van der Waals surface area (Å²) in [6.45, 7) is 5.61. The van der Waals surface area contributed by atoms with E-state index in [-0.39, 0.29) is 11.9 Å². The Balaban J connectivity index is 2.43. The van der Waals surface area contributed by atoms with E-state index in [1.807, 2.05) is 38.1 Å². The number of nitrogens with one attached hydrogen (secondary N) is 2. The van der Waals surface area contributed by atoms with Crippen LogP contribution in [0.15, 0.2) is 24.3 Å². The van der Waals surface area contributed by atoms with Gasteiger partial charge in [-0.05, 0) is 31.2 Å². The zero-order valence-electron chi connectivity index (χ0n) is 11.3. The van der Waals surface area contributed by atoms with Crippen molar-refractivity contribution in [1.29, 1.82) is 0 Å². The van der Waals surface area contributed by atoms with Crippen LogP contribution < -0.4 is 15.4 Å². The quantitative estimate of drug-likeness (QED) is 0.726. The van der Waals surface area contributed by atoms with E-state index in [2.05, 4.69) is 10.6 Å². The lowest BCUT2D eigenvalue weighted by Gasteiger charge is -2.14. The van der Waals surface area contributed by atoms with Gasteiger partial charge in [0.15, 0.2) is 0 Å². The number of carbonyl (C=O) groups is 1. The summed E-state index contributed by atoms with van der Waals surface area (Å²) in [5.74, 6) is 0.892. The number of benzene rings is 1. The summed E-state index contributed by atoms with van der Waals surface area (Å²) < 4.78 is 5.10. The molecule has 4 nitrogen and oxygen atoms in total. The number of ether oxygens (including phenoxy) is 1. The van der Waals surface area contributed by atoms with E-state index in [4.69, 9.17) is 4.74 Å². The smallest absolute Gasteiger partial charge is 0.221 e. The predicted molar refractivity (Wildman–Crippen MR) is 72.7 cm³/mol. The molecule has 4 heteroatoms. The molecule has 0 aliphatic rings. The fourth-order valence-electron chi connectivity index (χ4n) is 1.67. The van der Waals surface area contributed by atoms with Crippen LogP contribution in [0.4, 0.5) is 0 Å². The monoisotopic (exact) mass is 250 g/mol. The van der Waals surface area contributed by atoms with Crippen LogP contribution in [-0.4, -0.2) is 26.1 Å². The summed E-state index contributed by atoms with van der Waals surface area (Å²) in [5.41, 5.74) is 1.08. The van der Waals surface area contributed by atoms with Crippen molar-refractivity contribution >= 4 is 5.91 Å². The highest BCUT2D eigenvalue weighted by Gasteiger charge is 2.08. The van der Waals surface area contributed by atoms with Gasteiger partial charge in [0.2, 0.25) is 5.91 Å². The van der Waals surface area contributed by atoms with Gasteiger partial charge in [-0.1, -0.05) is 19.1 Å². The SMILES string of the molecule is CCNCCC(=O)N[C@H](C)c1ccc(OC)cc1. The second-order valence-corrected chi connectivity index (χ2v) is 4.17.